The van der Waals surface area contributed by atoms with Gasteiger partial charge in [0.2, 0.25) is 10.0 Å². The average molecular weight is 256 g/mol. The molecule has 0 heterocycles. The summed E-state index contributed by atoms with van der Waals surface area (Å²) in [6.07, 6.45) is 1.03. The molecule has 0 aliphatic carbocycles. The zero-order valence-electron chi connectivity index (χ0n) is 10.8. The summed E-state index contributed by atoms with van der Waals surface area (Å²) in [5.74, 6) is 0. The largest absolute Gasteiger partial charge is 0.383 e. The van der Waals surface area contributed by atoms with E-state index in [1.807, 2.05) is 0 Å². The molecule has 4 nitrogen and oxygen atoms in total. The summed E-state index contributed by atoms with van der Waals surface area (Å²) in [6.45, 7) is 4.19. The Balaban J connectivity index is 2.89. The number of nitrogens with one attached hydrogen (secondary N) is 1. The lowest BCUT2D eigenvalue weighted by Gasteiger charge is -2.14. The molecule has 1 atom stereocenters. The van der Waals surface area contributed by atoms with Crippen molar-refractivity contribution in [2.24, 2.45) is 0 Å². The molecule has 0 saturated carbocycles. The van der Waals surface area contributed by atoms with Gasteiger partial charge in [-0.25, -0.2) is 12.7 Å². The van der Waals surface area contributed by atoms with Crippen LogP contribution >= 0.6 is 0 Å². The number of anilines is 1. The molecule has 0 spiro atoms. The second-order valence-electron chi connectivity index (χ2n) is 4.27. The van der Waals surface area contributed by atoms with E-state index in [9.17, 15) is 8.42 Å². The summed E-state index contributed by atoms with van der Waals surface area (Å²) in [7, 11) is -0.265. The molecule has 0 aromatic heterocycles. The fourth-order valence-electron chi connectivity index (χ4n) is 1.32. The van der Waals surface area contributed by atoms with Crippen LogP contribution in [-0.4, -0.2) is 32.9 Å². The molecule has 0 bridgehead atoms. The number of benzene rings is 1. The van der Waals surface area contributed by atoms with Crippen LogP contribution in [0.4, 0.5) is 5.69 Å². The molecule has 1 rings (SSSR count). The minimum absolute atomic E-state index is 0.317. The third-order valence-corrected chi connectivity index (χ3v) is 4.49. The van der Waals surface area contributed by atoms with Gasteiger partial charge < -0.3 is 5.32 Å². The van der Waals surface area contributed by atoms with Crippen molar-refractivity contribution in [1.82, 2.24) is 4.31 Å². The maximum absolute atomic E-state index is 11.8. The highest BCUT2D eigenvalue weighted by atomic mass is 32.2. The van der Waals surface area contributed by atoms with Gasteiger partial charge in [0, 0.05) is 25.8 Å². The molecule has 96 valence electrons. The lowest BCUT2D eigenvalue weighted by atomic mass is 10.2. The molecule has 0 aliphatic heterocycles. The van der Waals surface area contributed by atoms with Gasteiger partial charge in [0.25, 0.3) is 0 Å². The zero-order chi connectivity index (χ0) is 13.1. The molecule has 0 saturated heterocycles. The van der Waals surface area contributed by atoms with E-state index in [2.05, 4.69) is 19.2 Å². The van der Waals surface area contributed by atoms with Gasteiger partial charge in [-0.15, -0.1) is 0 Å². The van der Waals surface area contributed by atoms with Gasteiger partial charge >= 0.3 is 0 Å². The molecule has 1 aromatic rings. The first-order valence-corrected chi connectivity index (χ1v) is 7.11. The molecule has 17 heavy (non-hydrogen) atoms. The van der Waals surface area contributed by atoms with Gasteiger partial charge in [-0.05, 0) is 37.6 Å². The first-order chi connectivity index (χ1) is 7.87. The molecule has 0 aliphatic rings. The Kier molecular flexibility index (Phi) is 4.54. The van der Waals surface area contributed by atoms with Crippen molar-refractivity contribution in [2.75, 3.05) is 19.4 Å². The summed E-state index contributed by atoms with van der Waals surface area (Å²) < 4.78 is 24.9. The van der Waals surface area contributed by atoms with Crippen molar-refractivity contribution in [3.63, 3.8) is 0 Å². The van der Waals surface area contributed by atoms with Gasteiger partial charge in [0.1, 0.15) is 0 Å². The van der Waals surface area contributed by atoms with Crippen LogP contribution in [0.3, 0.4) is 0 Å². The van der Waals surface area contributed by atoms with Crippen molar-refractivity contribution in [3.05, 3.63) is 24.3 Å². The predicted molar refractivity (Wildman–Crippen MR) is 70.7 cm³/mol. The van der Waals surface area contributed by atoms with Gasteiger partial charge in [-0.3, -0.25) is 0 Å². The van der Waals surface area contributed by atoms with Crippen molar-refractivity contribution in [3.8, 4) is 0 Å². The summed E-state index contributed by atoms with van der Waals surface area (Å²) in [5, 5.41) is 3.29. The van der Waals surface area contributed by atoms with Crippen LogP contribution in [0.1, 0.15) is 20.3 Å². The maximum Gasteiger partial charge on any atom is 0.242 e. The van der Waals surface area contributed by atoms with Crippen LogP contribution < -0.4 is 5.32 Å². The molecule has 5 heteroatoms. The smallest absolute Gasteiger partial charge is 0.242 e. The van der Waals surface area contributed by atoms with Crippen molar-refractivity contribution in [1.29, 1.82) is 0 Å². The normalized spacial score (nSPS) is 13.7. The van der Waals surface area contributed by atoms with Gasteiger partial charge in [-0.2, -0.15) is 0 Å². The molecule has 1 N–H and O–H groups in total. The number of hydrogen-bond donors (Lipinski definition) is 1. The fraction of sp³-hybridized carbons (Fsp3) is 0.500. The fourth-order valence-corrected chi connectivity index (χ4v) is 2.22. The second-order valence-corrected chi connectivity index (χ2v) is 6.42. The van der Waals surface area contributed by atoms with E-state index in [0.29, 0.717) is 10.9 Å². The van der Waals surface area contributed by atoms with Gasteiger partial charge in [0.05, 0.1) is 4.90 Å². The monoisotopic (exact) mass is 256 g/mol. The Morgan fingerprint density at radius 2 is 1.76 bits per heavy atom. The van der Waals surface area contributed by atoms with Crippen molar-refractivity contribution >= 4 is 15.7 Å². The van der Waals surface area contributed by atoms with E-state index in [-0.39, 0.29) is 0 Å². The first-order valence-electron chi connectivity index (χ1n) is 5.67. The highest BCUT2D eigenvalue weighted by Crippen LogP contribution is 2.17. The predicted octanol–water partition coefficient (Wildman–Crippen LogP) is 2.15. The third-order valence-electron chi connectivity index (χ3n) is 2.66. The standard InChI is InChI=1S/C12H20N2O2S/c1-5-10(2)13-11-6-8-12(9-7-11)17(15,16)14(3)4/h6-10,13H,5H2,1-4H3. The third kappa shape index (κ3) is 3.44. The molecule has 0 radical (unpaired) electrons. The van der Waals surface area contributed by atoms with E-state index < -0.39 is 10.0 Å². The summed E-state index contributed by atoms with van der Waals surface area (Å²) in [6, 6.07) is 7.22. The van der Waals surface area contributed by atoms with E-state index >= 15 is 0 Å². The Morgan fingerprint density at radius 3 is 2.18 bits per heavy atom. The van der Waals surface area contributed by atoms with Crippen LogP contribution in [0.15, 0.2) is 29.2 Å². The highest BCUT2D eigenvalue weighted by Gasteiger charge is 2.16. The number of hydrogen-bond acceptors (Lipinski definition) is 3. The summed E-state index contributed by atoms with van der Waals surface area (Å²) in [4.78, 5) is 0.317. The minimum Gasteiger partial charge on any atom is -0.383 e. The first kappa shape index (κ1) is 14.0. The molecular formula is C12H20N2O2S. The van der Waals surface area contributed by atoms with Crippen LogP contribution in [0, 0.1) is 0 Å². The quantitative estimate of drug-likeness (QED) is 0.878. The summed E-state index contributed by atoms with van der Waals surface area (Å²) >= 11 is 0. The number of nitrogens with zero attached hydrogens (tertiary/aromatic N) is 1. The molecule has 0 fully saturated rings. The molecule has 1 aromatic carbocycles. The Morgan fingerprint density at radius 1 is 1.24 bits per heavy atom. The average Bonchev–Trinajstić information content (AvgIpc) is 2.29. The van der Waals surface area contributed by atoms with Crippen molar-refractivity contribution < 1.29 is 8.42 Å². The van der Waals surface area contributed by atoms with Crippen LogP contribution in [0.5, 0.6) is 0 Å². The summed E-state index contributed by atoms with van der Waals surface area (Å²) in [5.41, 5.74) is 0.942. The second kappa shape index (κ2) is 5.51. The highest BCUT2D eigenvalue weighted by molar-refractivity contribution is 7.89. The zero-order valence-corrected chi connectivity index (χ0v) is 11.6. The topological polar surface area (TPSA) is 49.4 Å². The Labute approximate surface area is 104 Å². The Hall–Kier alpha value is -1.07. The molecule has 1 unspecified atom stereocenters. The van der Waals surface area contributed by atoms with Crippen LogP contribution in [0.25, 0.3) is 0 Å². The lowest BCUT2D eigenvalue weighted by Crippen LogP contribution is -2.22. The van der Waals surface area contributed by atoms with Crippen LogP contribution in [-0.2, 0) is 10.0 Å². The number of rotatable bonds is 5. The Bertz CT molecular complexity index is 452. The van der Waals surface area contributed by atoms with Gasteiger partial charge in [0.15, 0.2) is 0 Å². The van der Waals surface area contributed by atoms with E-state index in [1.54, 1.807) is 24.3 Å². The van der Waals surface area contributed by atoms with Crippen LogP contribution in [0.2, 0.25) is 0 Å². The SMILES string of the molecule is CCC(C)Nc1ccc(S(=O)(=O)N(C)C)cc1. The molecular weight excluding hydrogens is 236 g/mol. The molecule has 0 amide bonds. The number of sulfonamides is 1. The van der Waals surface area contributed by atoms with Crippen molar-refractivity contribution in [2.45, 2.75) is 31.2 Å². The van der Waals surface area contributed by atoms with Gasteiger partial charge in [-0.1, -0.05) is 6.92 Å². The van der Waals surface area contributed by atoms with E-state index in [1.165, 1.54) is 18.4 Å². The van der Waals surface area contributed by atoms with E-state index in [4.69, 9.17) is 0 Å². The maximum atomic E-state index is 11.8. The minimum atomic E-state index is -3.32. The van der Waals surface area contributed by atoms with E-state index in [0.717, 1.165) is 12.1 Å². The lowest BCUT2D eigenvalue weighted by molar-refractivity contribution is 0.521.